The molecule has 2 radical (unpaired) electrons. The summed E-state index contributed by atoms with van der Waals surface area (Å²) in [5.41, 5.74) is 0. The Morgan fingerprint density at radius 3 is 1.64 bits per heavy atom. The van der Waals surface area contributed by atoms with E-state index in [0.717, 1.165) is 11.8 Å². The van der Waals surface area contributed by atoms with Crippen LogP contribution in [0.15, 0.2) is 0 Å². The Morgan fingerprint density at radius 2 is 1.55 bits per heavy atom. The van der Waals surface area contributed by atoms with Gasteiger partial charge in [0, 0.05) is 0 Å². The van der Waals surface area contributed by atoms with Gasteiger partial charge in [-0.15, -0.1) is 0 Å². The van der Waals surface area contributed by atoms with Gasteiger partial charge in [0.05, 0.1) is 7.85 Å². The van der Waals surface area contributed by atoms with Crippen molar-refractivity contribution >= 4 is 7.85 Å². The minimum Gasteiger partial charge on any atom is -0.0771 e. The molecule has 1 heteroatoms. The molecular weight excluding hydrogens is 131 g/mol. The molecule has 0 nitrogen and oxygen atoms in total. The molecule has 0 N–H and O–H groups in total. The summed E-state index contributed by atoms with van der Waals surface area (Å²) in [6.45, 7) is 11.2. The van der Waals surface area contributed by atoms with Crippen molar-refractivity contribution in [2.45, 2.75) is 46.9 Å². The maximum Gasteiger partial charge on any atom is 0.0699 e. The first-order valence-corrected chi connectivity index (χ1v) is 4.76. The van der Waals surface area contributed by atoms with Crippen molar-refractivity contribution in [2.24, 2.45) is 17.8 Å². The van der Waals surface area contributed by atoms with Crippen molar-refractivity contribution < 1.29 is 0 Å². The summed E-state index contributed by atoms with van der Waals surface area (Å²) >= 11 is 0. The second-order valence-corrected chi connectivity index (χ2v) is 4.03. The summed E-state index contributed by atoms with van der Waals surface area (Å²) in [4.78, 5) is 0. The van der Waals surface area contributed by atoms with Gasteiger partial charge in [-0.2, -0.15) is 0 Å². The van der Waals surface area contributed by atoms with Crippen LogP contribution in [-0.4, -0.2) is 7.85 Å². The van der Waals surface area contributed by atoms with Crippen molar-refractivity contribution in [3.05, 3.63) is 0 Å². The van der Waals surface area contributed by atoms with Gasteiger partial charge in [0.2, 0.25) is 0 Å². The van der Waals surface area contributed by atoms with Crippen LogP contribution in [0.5, 0.6) is 0 Å². The average molecular weight is 152 g/mol. The van der Waals surface area contributed by atoms with Gasteiger partial charge < -0.3 is 0 Å². The smallest absolute Gasteiger partial charge is 0.0699 e. The molecule has 0 aromatic rings. The largest absolute Gasteiger partial charge is 0.0771 e. The van der Waals surface area contributed by atoms with Crippen molar-refractivity contribution in [1.82, 2.24) is 0 Å². The fourth-order valence-corrected chi connectivity index (χ4v) is 1.72. The molecular formula is C10H21B. The fraction of sp³-hybridized carbons (Fsp3) is 1.00. The van der Waals surface area contributed by atoms with E-state index in [1.165, 1.54) is 6.42 Å². The Kier molecular flexibility index (Phi) is 4.87. The van der Waals surface area contributed by atoms with E-state index in [0.29, 0.717) is 11.7 Å². The third-order valence-electron chi connectivity index (χ3n) is 2.87. The van der Waals surface area contributed by atoms with Crippen LogP contribution in [0, 0.1) is 17.8 Å². The lowest BCUT2D eigenvalue weighted by Gasteiger charge is -2.29. The lowest BCUT2D eigenvalue weighted by atomic mass is 9.68. The number of rotatable bonds is 4. The first-order chi connectivity index (χ1) is 5.00. The molecule has 0 heterocycles. The lowest BCUT2D eigenvalue weighted by molar-refractivity contribution is 0.263. The third-order valence-corrected chi connectivity index (χ3v) is 2.87. The molecule has 0 fully saturated rings. The maximum absolute atomic E-state index is 5.89. The van der Waals surface area contributed by atoms with E-state index in [4.69, 9.17) is 7.85 Å². The van der Waals surface area contributed by atoms with E-state index in [2.05, 4.69) is 34.6 Å². The highest BCUT2D eigenvalue weighted by molar-refractivity contribution is 6.11. The van der Waals surface area contributed by atoms with E-state index in [9.17, 15) is 0 Å². The van der Waals surface area contributed by atoms with E-state index in [1.807, 2.05) is 0 Å². The highest BCUT2D eigenvalue weighted by atomic mass is 14.2. The normalized spacial score (nSPS) is 19.8. The molecule has 0 aromatic heterocycles. The van der Waals surface area contributed by atoms with Crippen LogP contribution in [0.4, 0.5) is 0 Å². The zero-order valence-corrected chi connectivity index (χ0v) is 8.59. The van der Waals surface area contributed by atoms with E-state index < -0.39 is 0 Å². The number of hydrogen-bond donors (Lipinski definition) is 0. The molecule has 11 heavy (non-hydrogen) atoms. The summed E-state index contributed by atoms with van der Waals surface area (Å²) in [6.07, 6.45) is 1.21. The molecule has 0 spiro atoms. The third kappa shape index (κ3) is 3.31. The van der Waals surface area contributed by atoms with Crippen LogP contribution in [0.1, 0.15) is 41.0 Å². The topological polar surface area (TPSA) is 0 Å². The van der Waals surface area contributed by atoms with Gasteiger partial charge in [0.15, 0.2) is 0 Å². The highest BCUT2D eigenvalue weighted by Gasteiger charge is 2.20. The van der Waals surface area contributed by atoms with Gasteiger partial charge >= 0.3 is 0 Å². The Labute approximate surface area is 73.2 Å². The molecule has 0 rings (SSSR count). The molecule has 3 atom stereocenters. The van der Waals surface area contributed by atoms with Gasteiger partial charge in [-0.1, -0.05) is 46.9 Å². The van der Waals surface area contributed by atoms with Gasteiger partial charge in [-0.3, -0.25) is 0 Å². The van der Waals surface area contributed by atoms with Crippen LogP contribution >= 0.6 is 0 Å². The molecule has 64 valence electrons. The van der Waals surface area contributed by atoms with Crippen molar-refractivity contribution in [3.8, 4) is 0 Å². The monoisotopic (exact) mass is 152 g/mol. The minimum absolute atomic E-state index is 0.345. The maximum atomic E-state index is 5.89. The summed E-state index contributed by atoms with van der Waals surface area (Å²) < 4.78 is 0. The zero-order valence-electron chi connectivity index (χ0n) is 8.59. The molecule has 0 bridgehead atoms. The minimum atomic E-state index is 0.345. The number of hydrogen-bond acceptors (Lipinski definition) is 0. The molecule has 0 saturated heterocycles. The first kappa shape index (κ1) is 11.1. The van der Waals surface area contributed by atoms with Crippen molar-refractivity contribution in [2.75, 3.05) is 0 Å². The summed E-state index contributed by atoms with van der Waals surface area (Å²) in [5, 5.41) is 0. The van der Waals surface area contributed by atoms with Gasteiger partial charge in [-0.05, 0) is 17.8 Å². The van der Waals surface area contributed by atoms with Crippen LogP contribution in [0.3, 0.4) is 0 Å². The van der Waals surface area contributed by atoms with Crippen molar-refractivity contribution in [1.29, 1.82) is 0 Å². The summed E-state index contributed by atoms with van der Waals surface area (Å²) in [6, 6.07) is 0. The van der Waals surface area contributed by atoms with Crippen LogP contribution < -0.4 is 0 Å². The fourth-order valence-electron chi connectivity index (χ4n) is 1.72. The van der Waals surface area contributed by atoms with Crippen LogP contribution in [0.2, 0.25) is 5.82 Å². The predicted octanol–water partition coefficient (Wildman–Crippen LogP) is 3.28. The molecule has 3 unspecified atom stereocenters. The second kappa shape index (κ2) is 4.85. The average Bonchev–Trinajstić information content (AvgIpc) is 1.88. The standard InChI is InChI=1S/C10H21B/c1-6-10(9(5)11)8(4)7(2)3/h7-10H,6H2,1-5H3. The lowest BCUT2D eigenvalue weighted by Crippen LogP contribution is -2.20. The highest BCUT2D eigenvalue weighted by Crippen LogP contribution is 2.30. The molecule has 0 aromatic carbocycles. The zero-order chi connectivity index (χ0) is 9.02. The van der Waals surface area contributed by atoms with Crippen LogP contribution in [0.25, 0.3) is 0 Å². The Morgan fingerprint density at radius 1 is 1.09 bits per heavy atom. The van der Waals surface area contributed by atoms with Crippen molar-refractivity contribution in [3.63, 3.8) is 0 Å². The Balaban J connectivity index is 4.02. The van der Waals surface area contributed by atoms with E-state index in [-0.39, 0.29) is 0 Å². The van der Waals surface area contributed by atoms with Gasteiger partial charge in [-0.25, -0.2) is 0 Å². The molecule has 0 aliphatic heterocycles. The molecule has 0 amide bonds. The van der Waals surface area contributed by atoms with Gasteiger partial charge in [0.25, 0.3) is 0 Å². The van der Waals surface area contributed by atoms with Crippen LogP contribution in [-0.2, 0) is 0 Å². The second-order valence-electron chi connectivity index (χ2n) is 4.03. The molecule has 0 aliphatic rings. The first-order valence-electron chi connectivity index (χ1n) is 4.76. The van der Waals surface area contributed by atoms with Gasteiger partial charge in [0.1, 0.15) is 0 Å². The Hall–Kier alpha value is 0.0649. The molecule has 0 saturated carbocycles. The Bertz CT molecular complexity index is 97.0. The summed E-state index contributed by atoms with van der Waals surface area (Å²) in [5.74, 6) is 2.54. The van der Waals surface area contributed by atoms with E-state index >= 15 is 0 Å². The quantitative estimate of drug-likeness (QED) is 0.542. The van der Waals surface area contributed by atoms with E-state index in [1.54, 1.807) is 0 Å². The summed E-state index contributed by atoms with van der Waals surface area (Å²) in [7, 11) is 5.89. The SMILES string of the molecule is [B]C(C)C(CC)C(C)C(C)C. The molecule has 0 aliphatic carbocycles. The predicted molar refractivity (Wildman–Crippen MR) is 53.0 cm³/mol.